The van der Waals surface area contributed by atoms with E-state index in [9.17, 15) is 9.59 Å². The Morgan fingerprint density at radius 2 is 1.78 bits per heavy atom. The molecule has 2 aromatic heterocycles. The van der Waals surface area contributed by atoms with E-state index in [1.54, 1.807) is 0 Å². The average molecular weight is 553 g/mol. The summed E-state index contributed by atoms with van der Waals surface area (Å²) < 4.78 is 7.29. The molecule has 1 fully saturated rings. The van der Waals surface area contributed by atoms with Crippen molar-refractivity contribution in [3.05, 3.63) is 84.7 Å². The van der Waals surface area contributed by atoms with Crippen LogP contribution in [0.3, 0.4) is 0 Å². The number of carbonyl (C=O) groups excluding carboxylic acids is 2. The van der Waals surface area contributed by atoms with Crippen LogP contribution in [0.15, 0.2) is 79.1 Å². The lowest BCUT2D eigenvalue weighted by atomic mass is 10.1. The van der Waals surface area contributed by atoms with Crippen molar-refractivity contribution < 1.29 is 14.3 Å². The molecule has 4 aromatic rings. The van der Waals surface area contributed by atoms with E-state index in [4.69, 9.17) is 14.7 Å². The summed E-state index contributed by atoms with van der Waals surface area (Å²) in [6.45, 7) is 6.53. The molecule has 3 N–H and O–H groups in total. The lowest BCUT2D eigenvalue weighted by Gasteiger charge is -2.19. The molecule has 212 valence electrons. The van der Waals surface area contributed by atoms with Crippen LogP contribution in [-0.4, -0.2) is 51.1 Å². The van der Waals surface area contributed by atoms with Gasteiger partial charge in [0.1, 0.15) is 5.60 Å². The molecule has 1 saturated carbocycles. The van der Waals surface area contributed by atoms with Crippen LogP contribution in [0.5, 0.6) is 0 Å². The highest BCUT2D eigenvalue weighted by Gasteiger charge is 2.24. The van der Waals surface area contributed by atoms with E-state index in [2.05, 4.69) is 16.0 Å². The molecule has 9 nitrogen and oxygen atoms in total. The van der Waals surface area contributed by atoms with Gasteiger partial charge in [0.05, 0.1) is 17.6 Å². The van der Waals surface area contributed by atoms with Gasteiger partial charge < -0.3 is 20.7 Å². The second-order valence-electron chi connectivity index (χ2n) is 11.1. The first-order valence-corrected chi connectivity index (χ1v) is 14.0. The number of imidazole rings is 1. The summed E-state index contributed by atoms with van der Waals surface area (Å²) in [5.74, 6) is 0.646. The Morgan fingerprint density at radius 3 is 2.49 bits per heavy atom. The zero-order valence-electron chi connectivity index (χ0n) is 23.7. The normalized spacial score (nSPS) is 13.3. The number of amides is 2. The summed E-state index contributed by atoms with van der Waals surface area (Å²) in [7, 11) is 0. The van der Waals surface area contributed by atoms with E-state index in [-0.39, 0.29) is 5.91 Å². The molecule has 0 saturated heterocycles. The number of carbonyl (C=O) groups is 2. The maximum atomic E-state index is 12.4. The van der Waals surface area contributed by atoms with Crippen LogP contribution in [0, 0.1) is 0 Å². The minimum absolute atomic E-state index is 0.0334. The Bertz CT molecular complexity index is 1530. The number of hydrogen-bond donors (Lipinski definition) is 3. The van der Waals surface area contributed by atoms with Crippen molar-refractivity contribution in [1.82, 2.24) is 25.0 Å². The Hall–Kier alpha value is -4.66. The van der Waals surface area contributed by atoms with Crippen LogP contribution in [0.1, 0.15) is 50.4 Å². The highest BCUT2D eigenvalue weighted by molar-refractivity contribution is 5.95. The number of anilines is 1. The topological polar surface area (TPSA) is 110 Å². The van der Waals surface area contributed by atoms with E-state index in [1.165, 1.54) is 0 Å². The van der Waals surface area contributed by atoms with Crippen molar-refractivity contribution in [2.75, 3.05) is 18.4 Å². The second kappa shape index (κ2) is 12.2. The first kappa shape index (κ1) is 27.9. The van der Waals surface area contributed by atoms with Crippen molar-refractivity contribution in [2.45, 2.75) is 51.7 Å². The smallest absolute Gasteiger partial charge is 0.407 e. The lowest BCUT2D eigenvalue weighted by Crippen LogP contribution is -2.32. The fraction of sp³-hybridized carbons (Fsp3) is 0.312. The van der Waals surface area contributed by atoms with Crippen molar-refractivity contribution in [3.8, 4) is 22.5 Å². The fourth-order valence-corrected chi connectivity index (χ4v) is 4.29. The van der Waals surface area contributed by atoms with E-state index in [0.717, 1.165) is 41.8 Å². The molecule has 0 unspecified atom stereocenters. The SMILES string of the molecule is CC(C)(C)OC(=O)NC/C=C\CCNc1nc(-c2ccccc2)cn2c(-c3ccc(C(=O)NC4CC4)cc3)cnc12. The maximum Gasteiger partial charge on any atom is 0.407 e. The molecule has 0 spiro atoms. The van der Waals surface area contributed by atoms with E-state index in [1.807, 2.05) is 104 Å². The van der Waals surface area contributed by atoms with Gasteiger partial charge in [0, 0.05) is 42.0 Å². The molecule has 0 bridgehead atoms. The maximum absolute atomic E-state index is 12.4. The molecule has 2 amide bonds. The molecule has 2 aromatic carbocycles. The molecule has 41 heavy (non-hydrogen) atoms. The first-order chi connectivity index (χ1) is 19.8. The summed E-state index contributed by atoms with van der Waals surface area (Å²) in [4.78, 5) is 33.8. The number of ether oxygens (including phenoxy) is 1. The zero-order chi connectivity index (χ0) is 28.8. The zero-order valence-corrected chi connectivity index (χ0v) is 23.7. The van der Waals surface area contributed by atoms with E-state index < -0.39 is 11.7 Å². The van der Waals surface area contributed by atoms with Gasteiger partial charge in [-0.3, -0.25) is 9.20 Å². The van der Waals surface area contributed by atoms with Crippen LogP contribution in [0.25, 0.3) is 28.2 Å². The van der Waals surface area contributed by atoms with Crippen LogP contribution in [0.2, 0.25) is 0 Å². The molecular formula is C32H36N6O3. The second-order valence-corrected chi connectivity index (χ2v) is 11.1. The molecule has 9 heteroatoms. The minimum atomic E-state index is -0.521. The minimum Gasteiger partial charge on any atom is -0.444 e. The quantitative estimate of drug-likeness (QED) is 0.169. The van der Waals surface area contributed by atoms with Gasteiger partial charge in [-0.25, -0.2) is 14.8 Å². The molecular weight excluding hydrogens is 516 g/mol. The highest BCUT2D eigenvalue weighted by Crippen LogP contribution is 2.28. The van der Waals surface area contributed by atoms with Gasteiger partial charge in [0.25, 0.3) is 5.91 Å². The first-order valence-electron chi connectivity index (χ1n) is 14.0. The average Bonchev–Trinajstić information content (AvgIpc) is 3.66. The Morgan fingerprint density at radius 1 is 1.02 bits per heavy atom. The van der Waals surface area contributed by atoms with Crippen LogP contribution < -0.4 is 16.0 Å². The summed E-state index contributed by atoms with van der Waals surface area (Å²) in [5.41, 5.74) is 4.52. The number of fused-ring (bicyclic) bond motifs is 1. The predicted molar refractivity (Wildman–Crippen MR) is 161 cm³/mol. The van der Waals surface area contributed by atoms with Crippen LogP contribution >= 0.6 is 0 Å². The molecule has 0 atom stereocenters. The van der Waals surface area contributed by atoms with Gasteiger partial charge in [-0.05, 0) is 52.2 Å². The predicted octanol–water partition coefficient (Wildman–Crippen LogP) is 5.84. The number of nitrogens with zero attached hydrogens (tertiary/aromatic N) is 3. The summed E-state index contributed by atoms with van der Waals surface area (Å²) in [6, 6.07) is 18.0. The number of hydrogen-bond acceptors (Lipinski definition) is 6. The number of nitrogens with one attached hydrogen (secondary N) is 3. The third-order valence-corrected chi connectivity index (χ3v) is 6.45. The van der Waals surface area contributed by atoms with Gasteiger partial charge >= 0.3 is 6.09 Å². The van der Waals surface area contributed by atoms with E-state index >= 15 is 0 Å². The van der Waals surface area contributed by atoms with E-state index in [0.29, 0.717) is 36.2 Å². The van der Waals surface area contributed by atoms with Gasteiger partial charge in [-0.2, -0.15) is 0 Å². The van der Waals surface area contributed by atoms with Crippen molar-refractivity contribution in [3.63, 3.8) is 0 Å². The molecule has 1 aliphatic carbocycles. The Balaban J connectivity index is 1.31. The molecule has 0 aliphatic heterocycles. The molecule has 5 rings (SSSR count). The molecule has 2 heterocycles. The van der Waals surface area contributed by atoms with Crippen molar-refractivity contribution >= 4 is 23.5 Å². The Kier molecular flexibility index (Phi) is 8.33. The number of alkyl carbamates (subject to hydrolysis) is 1. The number of aromatic nitrogens is 3. The van der Waals surface area contributed by atoms with Crippen molar-refractivity contribution in [2.24, 2.45) is 0 Å². The third kappa shape index (κ3) is 7.51. The lowest BCUT2D eigenvalue weighted by molar-refractivity contribution is 0.0534. The highest BCUT2D eigenvalue weighted by atomic mass is 16.6. The van der Waals surface area contributed by atoms with Crippen LogP contribution in [-0.2, 0) is 4.74 Å². The van der Waals surface area contributed by atoms with Crippen LogP contribution in [0.4, 0.5) is 10.6 Å². The summed E-state index contributed by atoms with van der Waals surface area (Å²) >= 11 is 0. The summed E-state index contributed by atoms with van der Waals surface area (Å²) in [6.07, 6.45) is 10.1. The van der Waals surface area contributed by atoms with Gasteiger partial charge in [-0.15, -0.1) is 0 Å². The third-order valence-electron chi connectivity index (χ3n) is 6.45. The summed E-state index contributed by atoms with van der Waals surface area (Å²) in [5, 5.41) is 9.18. The monoisotopic (exact) mass is 552 g/mol. The standard InChI is InChI=1S/C32H36N6O3/c1-32(2,3)41-31(40)34-19-9-5-8-18-33-28-29-35-20-27(38(29)21-26(37-28)22-10-6-4-7-11-22)23-12-14-24(15-13-23)30(39)36-25-16-17-25/h4-7,9-15,20-21,25H,8,16-19H2,1-3H3,(H,33,37)(H,34,40)(H,36,39)/b9-5-. The number of benzene rings is 2. The van der Waals surface area contributed by atoms with Crippen molar-refractivity contribution in [1.29, 1.82) is 0 Å². The Labute approximate surface area is 240 Å². The van der Waals surface area contributed by atoms with Gasteiger partial charge in [0.2, 0.25) is 0 Å². The largest absolute Gasteiger partial charge is 0.444 e. The molecule has 1 aliphatic rings. The fourth-order valence-electron chi connectivity index (χ4n) is 4.29. The van der Waals surface area contributed by atoms with Gasteiger partial charge in [0.15, 0.2) is 11.5 Å². The molecule has 0 radical (unpaired) electrons. The van der Waals surface area contributed by atoms with Gasteiger partial charge in [-0.1, -0.05) is 54.6 Å². The number of rotatable bonds is 10.